The molecule has 0 atom stereocenters. The minimum absolute atomic E-state index is 0.340. The molecule has 3 nitrogen and oxygen atoms in total. The third-order valence-electron chi connectivity index (χ3n) is 3.67. The Kier molecular flexibility index (Phi) is 4.28. The number of piperidine rings is 1. The molecule has 0 saturated carbocycles. The number of hydrogen-bond acceptors (Lipinski definition) is 5. The molecule has 1 N–H and O–H groups in total. The normalized spacial score (nSPS) is 17.9. The van der Waals surface area contributed by atoms with Crippen LogP contribution in [-0.4, -0.2) is 34.7 Å². The van der Waals surface area contributed by atoms with Crippen molar-refractivity contribution in [2.45, 2.75) is 19.4 Å². The fourth-order valence-electron chi connectivity index (χ4n) is 2.45. The number of thiazole rings is 1. The molecule has 19 heavy (non-hydrogen) atoms. The van der Waals surface area contributed by atoms with Gasteiger partial charge in [0.2, 0.25) is 0 Å². The highest BCUT2D eigenvalue weighted by atomic mass is 32.1. The van der Waals surface area contributed by atoms with Gasteiger partial charge in [-0.2, -0.15) is 11.3 Å². The molecular formula is C14H18N2OS2. The topological polar surface area (TPSA) is 36.4 Å². The van der Waals surface area contributed by atoms with Crippen LogP contribution in [0.15, 0.2) is 22.2 Å². The van der Waals surface area contributed by atoms with Gasteiger partial charge in [-0.1, -0.05) is 0 Å². The van der Waals surface area contributed by atoms with Gasteiger partial charge in [0, 0.05) is 29.5 Å². The van der Waals surface area contributed by atoms with E-state index in [2.05, 4.69) is 27.1 Å². The van der Waals surface area contributed by atoms with Crippen molar-refractivity contribution in [3.63, 3.8) is 0 Å². The number of aromatic nitrogens is 1. The lowest BCUT2D eigenvalue weighted by atomic mass is 9.98. The van der Waals surface area contributed by atoms with Gasteiger partial charge in [0.1, 0.15) is 5.01 Å². The molecule has 2 aromatic heterocycles. The number of nitrogens with zero attached hydrogens (tertiary/aromatic N) is 2. The Bertz CT molecular complexity index is 501. The van der Waals surface area contributed by atoms with Gasteiger partial charge >= 0.3 is 0 Å². The van der Waals surface area contributed by atoms with E-state index in [-0.39, 0.29) is 0 Å². The molecule has 0 spiro atoms. The highest BCUT2D eigenvalue weighted by molar-refractivity contribution is 7.14. The SMILES string of the molecule is OCC1CCN(Cc2csc(-c3ccsc3)n2)CC1. The van der Waals surface area contributed by atoms with Crippen LogP contribution in [0.25, 0.3) is 10.6 Å². The maximum absolute atomic E-state index is 9.15. The first-order valence-electron chi connectivity index (χ1n) is 6.65. The summed E-state index contributed by atoms with van der Waals surface area (Å²) in [4.78, 5) is 7.16. The van der Waals surface area contributed by atoms with Gasteiger partial charge in [0.05, 0.1) is 5.69 Å². The molecule has 0 aliphatic carbocycles. The van der Waals surface area contributed by atoms with E-state index in [1.807, 2.05) is 0 Å². The van der Waals surface area contributed by atoms with Crippen molar-refractivity contribution in [3.05, 3.63) is 27.9 Å². The van der Waals surface area contributed by atoms with Gasteiger partial charge in [-0.05, 0) is 43.3 Å². The molecule has 5 heteroatoms. The molecule has 1 saturated heterocycles. The Balaban J connectivity index is 1.59. The molecule has 0 radical (unpaired) electrons. The first kappa shape index (κ1) is 13.2. The van der Waals surface area contributed by atoms with E-state index in [4.69, 9.17) is 10.1 Å². The molecule has 102 valence electrons. The summed E-state index contributed by atoms with van der Waals surface area (Å²) in [6.07, 6.45) is 2.22. The summed E-state index contributed by atoms with van der Waals surface area (Å²) in [5, 5.41) is 16.7. The zero-order valence-electron chi connectivity index (χ0n) is 10.8. The van der Waals surface area contributed by atoms with E-state index in [9.17, 15) is 0 Å². The lowest BCUT2D eigenvalue weighted by Crippen LogP contribution is -2.34. The van der Waals surface area contributed by atoms with E-state index in [1.54, 1.807) is 22.7 Å². The Labute approximate surface area is 121 Å². The second-order valence-electron chi connectivity index (χ2n) is 5.06. The molecule has 2 aromatic rings. The second-order valence-corrected chi connectivity index (χ2v) is 6.70. The maximum atomic E-state index is 9.15. The number of aliphatic hydroxyl groups excluding tert-OH is 1. The van der Waals surface area contributed by atoms with Crippen LogP contribution in [0.4, 0.5) is 0 Å². The van der Waals surface area contributed by atoms with Crippen LogP contribution in [0.5, 0.6) is 0 Å². The van der Waals surface area contributed by atoms with E-state index < -0.39 is 0 Å². The van der Waals surface area contributed by atoms with E-state index in [1.165, 1.54) is 11.3 Å². The van der Waals surface area contributed by atoms with Crippen molar-refractivity contribution in [2.24, 2.45) is 5.92 Å². The van der Waals surface area contributed by atoms with Crippen molar-refractivity contribution in [2.75, 3.05) is 19.7 Å². The molecule has 0 unspecified atom stereocenters. The number of likely N-dealkylation sites (tertiary alicyclic amines) is 1. The fourth-order valence-corrected chi connectivity index (χ4v) is 3.98. The Morgan fingerprint density at radius 1 is 1.32 bits per heavy atom. The monoisotopic (exact) mass is 294 g/mol. The highest BCUT2D eigenvalue weighted by Crippen LogP contribution is 2.26. The summed E-state index contributed by atoms with van der Waals surface area (Å²) < 4.78 is 0. The zero-order chi connectivity index (χ0) is 13.1. The van der Waals surface area contributed by atoms with Gasteiger partial charge in [0.25, 0.3) is 0 Å². The molecule has 3 rings (SSSR count). The number of thiophene rings is 1. The van der Waals surface area contributed by atoms with Crippen LogP contribution in [0.2, 0.25) is 0 Å². The first-order chi connectivity index (χ1) is 9.35. The van der Waals surface area contributed by atoms with Gasteiger partial charge < -0.3 is 5.11 Å². The number of hydrogen-bond donors (Lipinski definition) is 1. The Morgan fingerprint density at radius 2 is 2.16 bits per heavy atom. The van der Waals surface area contributed by atoms with Gasteiger partial charge in [0.15, 0.2) is 0 Å². The smallest absolute Gasteiger partial charge is 0.124 e. The lowest BCUT2D eigenvalue weighted by Gasteiger charge is -2.30. The van der Waals surface area contributed by atoms with Crippen LogP contribution < -0.4 is 0 Å². The van der Waals surface area contributed by atoms with Gasteiger partial charge in [-0.3, -0.25) is 4.90 Å². The summed E-state index contributed by atoms with van der Waals surface area (Å²) in [7, 11) is 0. The van der Waals surface area contributed by atoms with Crippen LogP contribution in [0, 0.1) is 5.92 Å². The van der Waals surface area contributed by atoms with Crippen LogP contribution in [0.1, 0.15) is 18.5 Å². The molecule has 1 fully saturated rings. The van der Waals surface area contributed by atoms with Crippen LogP contribution in [0.3, 0.4) is 0 Å². The fraction of sp³-hybridized carbons (Fsp3) is 0.500. The summed E-state index contributed by atoms with van der Waals surface area (Å²) >= 11 is 3.44. The molecule has 3 heterocycles. The second kappa shape index (κ2) is 6.13. The minimum Gasteiger partial charge on any atom is -0.396 e. The van der Waals surface area contributed by atoms with Crippen LogP contribution >= 0.6 is 22.7 Å². The van der Waals surface area contributed by atoms with Crippen molar-refractivity contribution >= 4 is 22.7 Å². The minimum atomic E-state index is 0.340. The molecule has 1 aliphatic heterocycles. The Hall–Kier alpha value is -0.750. The quantitative estimate of drug-likeness (QED) is 0.941. The zero-order valence-corrected chi connectivity index (χ0v) is 12.4. The third-order valence-corrected chi connectivity index (χ3v) is 5.29. The van der Waals surface area contributed by atoms with Crippen molar-refractivity contribution in [3.8, 4) is 10.6 Å². The molecule has 0 bridgehead atoms. The average Bonchev–Trinajstić information content (AvgIpc) is 3.10. The predicted octanol–water partition coefficient (Wildman–Crippen LogP) is 3.08. The first-order valence-corrected chi connectivity index (χ1v) is 8.47. The molecule has 0 amide bonds. The third kappa shape index (κ3) is 3.23. The van der Waals surface area contributed by atoms with E-state index >= 15 is 0 Å². The molecule has 1 aliphatic rings. The standard InChI is InChI=1S/C14H18N2OS2/c17-8-11-1-4-16(5-2-11)7-13-10-19-14(15-13)12-3-6-18-9-12/h3,6,9-11,17H,1-2,4-5,7-8H2. The summed E-state index contributed by atoms with van der Waals surface area (Å²) in [5.74, 6) is 0.507. The molecular weight excluding hydrogens is 276 g/mol. The average molecular weight is 294 g/mol. The van der Waals surface area contributed by atoms with E-state index in [0.717, 1.165) is 37.5 Å². The van der Waals surface area contributed by atoms with Crippen molar-refractivity contribution < 1.29 is 5.11 Å². The summed E-state index contributed by atoms with van der Waals surface area (Å²) in [5.41, 5.74) is 2.41. The predicted molar refractivity (Wildman–Crippen MR) is 80.5 cm³/mol. The number of rotatable bonds is 4. The van der Waals surface area contributed by atoms with Gasteiger partial charge in [-0.25, -0.2) is 4.98 Å². The lowest BCUT2D eigenvalue weighted by molar-refractivity contribution is 0.126. The highest BCUT2D eigenvalue weighted by Gasteiger charge is 2.19. The van der Waals surface area contributed by atoms with Crippen LogP contribution in [-0.2, 0) is 6.54 Å². The van der Waals surface area contributed by atoms with Crippen molar-refractivity contribution in [1.29, 1.82) is 0 Å². The maximum Gasteiger partial charge on any atom is 0.124 e. The van der Waals surface area contributed by atoms with Gasteiger partial charge in [-0.15, -0.1) is 11.3 Å². The van der Waals surface area contributed by atoms with Crippen molar-refractivity contribution in [1.82, 2.24) is 9.88 Å². The largest absolute Gasteiger partial charge is 0.396 e. The summed E-state index contributed by atoms with van der Waals surface area (Å²) in [6, 6.07) is 2.13. The Morgan fingerprint density at radius 3 is 2.84 bits per heavy atom. The van der Waals surface area contributed by atoms with E-state index in [0.29, 0.717) is 12.5 Å². The summed E-state index contributed by atoms with van der Waals surface area (Å²) in [6.45, 7) is 3.44. The molecule has 0 aromatic carbocycles. The number of aliphatic hydroxyl groups is 1.